The average Bonchev–Trinajstić information content (AvgIpc) is 2.46. The summed E-state index contributed by atoms with van der Waals surface area (Å²) in [7, 11) is -2.78. The van der Waals surface area contributed by atoms with Crippen LogP contribution in [0.1, 0.15) is 26.2 Å². The third kappa shape index (κ3) is 2.71. The number of sulfone groups is 1. The molecule has 2 fully saturated rings. The minimum absolute atomic E-state index is 0.200. The van der Waals surface area contributed by atoms with Crippen LogP contribution in [0.25, 0.3) is 0 Å². The minimum atomic E-state index is -2.78. The molecule has 2 aliphatic rings. The summed E-state index contributed by atoms with van der Waals surface area (Å²) < 4.78 is 22.7. The van der Waals surface area contributed by atoms with E-state index in [1.807, 2.05) is 6.92 Å². The van der Waals surface area contributed by atoms with Gasteiger partial charge in [0.15, 0.2) is 9.84 Å². The van der Waals surface area contributed by atoms with Gasteiger partial charge in [-0.15, -0.1) is 0 Å². The van der Waals surface area contributed by atoms with E-state index >= 15 is 0 Å². The van der Waals surface area contributed by atoms with Crippen LogP contribution < -0.4 is 0 Å². The van der Waals surface area contributed by atoms with Gasteiger partial charge in [0.2, 0.25) is 0 Å². The third-order valence-corrected chi connectivity index (χ3v) is 5.35. The number of likely N-dealkylation sites (tertiary alicyclic amines) is 1. The van der Waals surface area contributed by atoms with E-state index in [1.165, 1.54) is 0 Å². The Morgan fingerprint density at radius 1 is 1.33 bits per heavy atom. The molecule has 2 heterocycles. The molecule has 0 bridgehead atoms. The summed E-state index contributed by atoms with van der Waals surface area (Å²) >= 11 is 0. The molecular formula is C10H19NO3S. The van der Waals surface area contributed by atoms with Crippen LogP contribution in [0.4, 0.5) is 0 Å². The van der Waals surface area contributed by atoms with Crippen LogP contribution in [-0.2, 0) is 9.84 Å². The van der Waals surface area contributed by atoms with E-state index in [0.717, 1.165) is 32.4 Å². The topological polar surface area (TPSA) is 57.6 Å². The molecule has 0 aromatic carbocycles. The Hall–Kier alpha value is -0.130. The lowest BCUT2D eigenvalue weighted by atomic mass is 9.93. The van der Waals surface area contributed by atoms with E-state index in [9.17, 15) is 13.5 Å². The molecule has 2 rings (SSSR count). The van der Waals surface area contributed by atoms with Gasteiger partial charge in [0.05, 0.1) is 17.1 Å². The van der Waals surface area contributed by atoms with E-state index in [2.05, 4.69) is 4.90 Å². The van der Waals surface area contributed by atoms with Crippen molar-refractivity contribution in [2.75, 3.05) is 24.6 Å². The Kier molecular flexibility index (Phi) is 2.81. The molecule has 1 N–H and O–H groups in total. The van der Waals surface area contributed by atoms with Crippen molar-refractivity contribution in [3.8, 4) is 0 Å². The Morgan fingerprint density at radius 2 is 1.93 bits per heavy atom. The summed E-state index contributed by atoms with van der Waals surface area (Å²) in [5.41, 5.74) is -0.548. The van der Waals surface area contributed by atoms with Crippen LogP contribution in [0.5, 0.6) is 0 Å². The van der Waals surface area contributed by atoms with Crippen LogP contribution in [0.15, 0.2) is 0 Å². The summed E-state index contributed by atoms with van der Waals surface area (Å²) in [6.45, 7) is 3.51. The second-order valence-electron chi connectivity index (χ2n) is 5.09. The largest absolute Gasteiger partial charge is 0.390 e. The van der Waals surface area contributed by atoms with Crippen molar-refractivity contribution in [3.63, 3.8) is 0 Å². The van der Waals surface area contributed by atoms with E-state index < -0.39 is 15.4 Å². The van der Waals surface area contributed by atoms with E-state index in [-0.39, 0.29) is 6.04 Å². The Balaban J connectivity index is 1.92. The highest BCUT2D eigenvalue weighted by atomic mass is 32.2. The highest BCUT2D eigenvalue weighted by Gasteiger charge is 2.36. The zero-order chi connectivity index (χ0) is 11.1. The minimum Gasteiger partial charge on any atom is -0.390 e. The van der Waals surface area contributed by atoms with E-state index in [1.54, 1.807) is 0 Å². The van der Waals surface area contributed by atoms with Crippen LogP contribution in [0, 0.1) is 0 Å². The van der Waals surface area contributed by atoms with Crippen LogP contribution in [0.3, 0.4) is 0 Å². The van der Waals surface area contributed by atoms with Gasteiger partial charge >= 0.3 is 0 Å². The molecule has 0 spiro atoms. The molecule has 1 unspecified atom stereocenters. The highest BCUT2D eigenvalue weighted by molar-refractivity contribution is 7.91. The van der Waals surface area contributed by atoms with Crippen molar-refractivity contribution in [2.24, 2.45) is 0 Å². The van der Waals surface area contributed by atoms with Gasteiger partial charge in [0, 0.05) is 19.1 Å². The molecule has 15 heavy (non-hydrogen) atoms. The summed E-state index contributed by atoms with van der Waals surface area (Å²) in [5, 5.41) is 9.79. The van der Waals surface area contributed by atoms with Crippen LogP contribution >= 0.6 is 0 Å². The molecule has 88 valence electrons. The number of hydrogen-bond acceptors (Lipinski definition) is 4. The highest BCUT2D eigenvalue weighted by Crippen LogP contribution is 2.26. The van der Waals surface area contributed by atoms with Gasteiger partial charge in [-0.1, -0.05) is 0 Å². The summed E-state index contributed by atoms with van der Waals surface area (Å²) in [5.74, 6) is 0.652. The normalized spacial score (nSPS) is 35.5. The summed E-state index contributed by atoms with van der Waals surface area (Å²) in [6, 6.07) is 0.200. The second kappa shape index (κ2) is 3.71. The number of rotatable bonds is 1. The van der Waals surface area contributed by atoms with Gasteiger partial charge in [-0.25, -0.2) is 8.42 Å². The predicted octanol–water partition coefficient (Wildman–Crippen LogP) is 0.0203. The molecule has 0 aromatic rings. The number of piperidine rings is 1. The van der Waals surface area contributed by atoms with E-state index in [4.69, 9.17) is 0 Å². The zero-order valence-corrected chi connectivity index (χ0v) is 9.96. The van der Waals surface area contributed by atoms with E-state index in [0.29, 0.717) is 11.5 Å². The lowest BCUT2D eigenvalue weighted by Gasteiger charge is -2.38. The van der Waals surface area contributed by atoms with Crippen LogP contribution in [0.2, 0.25) is 0 Å². The molecule has 0 aromatic heterocycles. The molecule has 4 nitrogen and oxygen atoms in total. The first-order valence-electron chi connectivity index (χ1n) is 5.55. The maximum absolute atomic E-state index is 11.3. The molecule has 2 saturated heterocycles. The fraction of sp³-hybridized carbons (Fsp3) is 1.00. The molecule has 2 aliphatic heterocycles. The fourth-order valence-electron chi connectivity index (χ4n) is 2.43. The van der Waals surface area contributed by atoms with Gasteiger partial charge in [-0.3, -0.25) is 4.90 Å². The first-order valence-corrected chi connectivity index (χ1v) is 7.37. The quantitative estimate of drug-likeness (QED) is 0.694. The zero-order valence-electron chi connectivity index (χ0n) is 9.15. The smallest absolute Gasteiger partial charge is 0.151 e. The van der Waals surface area contributed by atoms with Crippen molar-refractivity contribution in [3.05, 3.63) is 0 Å². The van der Waals surface area contributed by atoms with Crippen molar-refractivity contribution >= 4 is 9.84 Å². The third-order valence-electron chi connectivity index (χ3n) is 3.60. The lowest BCUT2D eigenvalue weighted by molar-refractivity contribution is -0.0137. The standard InChI is InChI=1S/C10H19NO3S/c1-10(12)3-5-11(6-4-10)9-2-7-15(13,14)8-9/h9,12H,2-8H2,1H3. The van der Waals surface area contributed by atoms with Gasteiger partial charge in [0.1, 0.15) is 0 Å². The average molecular weight is 233 g/mol. The molecule has 0 aliphatic carbocycles. The monoisotopic (exact) mass is 233 g/mol. The Bertz CT molecular complexity index is 327. The van der Waals surface area contributed by atoms with Crippen LogP contribution in [-0.4, -0.2) is 54.7 Å². The maximum Gasteiger partial charge on any atom is 0.151 e. The van der Waals surface area contributed by atoms with Gasteiger partial charge in [0.25, 0.3) is 0 Å². The Labute approximate surface area is 91.2 Å². The summed E-state index contributed by atoms with van der Waals surface area (Å²) in [6.07, 6.45) is 2.28. The number of aliphatic hydroxyl groups is 1. The number of nitrogens with zero attached hydrogens (tertiary/aromatic N) is 1. The van der Waals surface area contributed by atoms with Crippen molar-refractivity contribution in [1.82, 2.24) is 4.90 Å². The molecule has 0 saturated carbocycles. The first-order chi connectivity index (χ1) is 6.88. The molecular weight excluding hydrogens is 214 g/mol. The Morgan fingerprint density at radius 3 is 2.40 bits per heavy atom. The van der Waals surface area contributed by atoms with Crippen molar-refractivity contribution in [2.45, 2.75) is 37.8 Å². The fourth-order valence-corrected chi connectivity index (χ4v) is 4.20. The summed E-state index contributed by atoms with van der Waals surface area (Å²) in [4.78, 5) is 2.22. The SMILES string of the molecule is CC1(O)CCN(C2CCS(=O)(=O)C2)CC1. The molecule has 0 amide bonds. The van der Waals surface area contributed by atoms with Gasteiger partial charge < -0.3 is 5.11 Å². The second-order valence-corrected chi connectivity index (χ2v) is 7.32. The molecule has 5 heteroatoms. The first kappa shape index (κ1) is 11.4. The predicted molar refractivity (Wildman–Crippen MR) is 58.5 cm³/mol. The lowest BCUT2D eigenvalue weighted by Crippen LogP contribution is -2.47. The van der Waals surface area contributed by atoms with Gasteiger partial charge in [-0.2, -0.15) is 0 Å². The van der Waals surface area contributed by atoms with Gasteiger partial charge in [-0.05, 0) is 26.2 Å². The maximum atomic E-state index is 11.3. The molecule has 0 radical (unpaired) electrons. The number of hydrogen-bond donors (Lipinski definition) is 1. The van der Waals surface area contributed by atoms with Crippen molar-refractivity contribution in [1.29, 1.82) is 0 Å². The van der Waals surface area contributed by atoms with Crippen molar-refractivity contribution < 1.29 is 13.5 Å². The molecule has 1 atom stereocenters.